The molecule has 0 radical (unpaired) electrons. The SMILES string of the molecule is CCOP(=O)(Cc1ccc(C(=O)Nc2ccccc2C(C)=O)cc1)OCC. The van der Waals surface area contributed by atoms with Gasteiger partial charge in [0.2, 0.25) is 0 Å². The van der Waals surface area contributed by atoms with E-state index in [0.29, 0.717) is 30.0 Å². The lowest BCUT2D eigenvalue weighted by molar-refractivity contribution is 0.101. The summed E-state index contributed by atoms with van der Waals surface area (Å²) < 4.78 is 23.2. The average molecular weight is 389 g/mol. The van der Waals surface area contributed by atoms with Crippen LogP contribution in [0.15, 0.2) is 48.5 Å². The molecule has 0 bridgehead atoms. The Morgan fingerprint density at radius 3 is 2.11 bits per heavy atom. The van der Waals surface area contributed by atoms with E-state index in [1.807, 2.05) is 0 Å². The highest BCUT2D eigenvalue weighted by molar-refractivity contribution is 7.53. The summed E-state index contributed by atoms with van der Waals surface area (Å²) in [5, 5.41) is 2.75. The molecule has 2 aromatic carbocycles. The highest BCUT2D eigenvalue weighted by Gasteiger charge is 2.24. The Balaban J connectivity index is 2.12. The monoisotopic (exact) mass is 389 g/mol. The first kappa shape index (κ1) is 21.0. The number of para-hydroxylation sites is 1. The van der Waals surface area contributed by atoms with Crippen LogP contribution in [-0.4, -0.2) is 24.9 Å². The van der Waals surface area contributed by atoms with Gasteiger partial charge in [-0.3, -0.25) is 14.2 Å². The maximum absolute atomic E-state index is 12.6. The molecule has 0 heterocycles. The van der Waals surface area contributed by atoms with Gasteiger partial charge in [-0.25, -0.2) is 0 Å². The van der Waals surface area contributed by atoms with Gasteiger partial charge in [0, 0.05) is 11.1 Å². The van der Waals surface area contributed by atoms with Gasteiger partial charge in [-0.2, -0.15) is 0 Å². The Kier molecular flexibility index (Phi) is 7.48. The molecule has 0 atom stereocenters. The highest BCUT2D eigenvalue weighted by Crippen LogP contribution is 2.51. The first-order valence-corrected chi connectivity index (χ1v) is 10.5. The number of Topliss-reactive ketones (excluding diaryl/α,β-unsaturated/α-hetero) is 1. The highest BCUT2D eigenvalue weighted by atomic mass is 31.2. The van der Waals surface area contributed by atoms with Gasteiger partial charge in [-0.15, -0.1) is 0 Å². The molecule has 0 aliphatic heterocycles. The van der Waals surface area contributed by atoms with Crippen LogP contribution in [0.5, 0.6) is 0 Å². The summed E-state index contributed by atoms with van der Waals surface area (Å²) in [5.41, 5.74) is 2.11. The summed E-state index contributed by atoms with van der Waals surface area (Å²) in [6.07, 6.45) is 0.143. The number of amides is 1. The molecule has 1 amide bonds. The van der Waals surface area contributed by atoms with Gasteiger partial charge in [0.1, 0.15) is 0 Å². The zero-order valence-corrected chi connectivity index (χ0v) is 16.6. The molecule has 0 aromatic heterocycles. The van der Waals surface area contributed by atoms with Crippen molar-refractivity contribution in [3.8, 4) is 0 Å². The van der Waals surface area contributed by atoms with E-state index in [0.717, 1.165) is 5.56 Å². The van der Waals surface area contributed by atoms with Gasteiger partial charge in [0.25, 0.3) is 5.91 Å². The molecule has 0 spiro atoms. The van der Waals surface area contributed by atoms with Gasteiger partial charge in [0.15, 0.2) is 5.78 Å². The number of hydrogen-bond donors (Lipinski definition) is 1. The van der Waals surface area contributed by atoms with E-state index < -0.39 is 7.60 Å². The topological polar surface area (TPSA) is 81.7 Å². The van der Waals surface area contributed by atoms with Crippen LogP contribution < -0.4 is 5.32 Å². The predicted octanol–water partition coefficient (Wildman–Crippen LogP) is 4.91. The van der Waals surface area contributed by atoms with Crippen molar-refractivity contribution >= 4 is 25.0 Å². The minimum absolute atomic E-state index is 0.121. The fourth-order valence-corrected chi connectivity index (χ4v) is 4.30. The lowest BCUT2D eigenvalue weighted by atomic mass is 10.1. The second kappa shape index (κ2) is 9.60. The summed E-state index contributed by atoms with van der Waals surface area (Å²) >= 11 is 0. The molecule has 2 rings (SSSR count). The molecule has 0 aliphatic rings. The van der Waals surface area contributed by atoms with Crippen LogP contribution in [0.3, 0.4) is 0 Å². The number of carbonyl (C=O) groups is 2. The third-order valence-corrected chi connectivity index (χ3v) is 5.85. The number of hydrogen-bond acceptors (Lipinski definition) is 5. The summed E-state index contributed by atoms with van der Waals surface area (Å²) in [6, 6.07) is 13.6. The van der Waals surface area contributed by atoms with Crippen molar-refractivity contribution in [3.05, 3.63) is 65.2 Å². The fourth-order valence-electron chi connectivity index (χ4n) is 2.60. The van der Waals surface area contributed by atoms with Gasteiger partial charge in [0.05, 0.1) is 25.1 Å². The van der Waals surface area contributed by atoms with E-state index >= 15 is 0 Å². The van der Waals surface area contributed by atoms with Crippen molar-refractivity contribution in [3.63, 3.8) is 0 Å². The van der Waals surface area contributed by atoms with Crippen LogP contribution in [0.1, 0.15) is 47.1 Å². The number of rotatable bonds is 9. The summed E-state index contributed by atoms with van der Waals surface area (Å²) in [6.45, 7) is 5.57. The van der Waals surface area contributed by atoms with Crippen molar-refractivity contribution in [2.45, 2.75) is 26.9 Å². The van der Waals surface area contributed by atoms with Crippen LogP contribution >= 0.6 is 7.60 Å². The van der Waals surface area contributed by atoms with E-state index in [4.69, 9.17) is 9.05 Å². The van der Waals surface area contributed by atoms with E-state index in [1.165, 1.54) is 6.92 Å². The van der Waals surface area contributed by atoms with Crippen LogP contribution in [0.2, 0.25) is 0 Å². The molecule has 0 unspecified atom stereocenters. The van der Waals surface area contributed by atoms with Gasteiger partial charge in [-0.05, 0) is 50.6 Å². The second-order valence-electron chi connectivity index (χ2n) is 5.86. The zero-order valence-electron chi connectivity index (χ0n) is 15.7. The molecule has 0 aliphatic carbocycles. The quantitative estimate of drug-likeness (QED) is 0.487. The van der Waals surface area contributed by atoms with E-state index in [1.54, 1.807) is 62.4 Å². The van der Waals surface area contributed by atoms with Crippen LogP contribution in [0, 0.1) is 0 Å². The van der Waals surface area contributed by atoms with Gasteiger partial charge >= 0.3 is 7.60 Å². The van der Waals surface area contributed by atoms with Crippen molar-refractivity contribution in [2.75, 3.05) is 18.5 Å². The maximum atomic E-state index is 12.6. The largest absolute Gasteiger partial charge is 0.335 e. The molecule has 0 fully saturated rings. The van der Waals surface area contributed by atoms with Crippen molar-refractivity contribution in [1.82, 2.24) is 0 Å². The zero-order chi connectivity index (χ0) is 19.9. The molecule has 6 nitrogen and oxygen atoms in total. The molecule has 144 valence electrons. The Morgan fingerprint density at radius 2 is 1.56 bits per heavy atom. The first-order valence-electron chi connectivity index (χ1n) is 8.77. The summed E-state index contributed by atoms with van der Waals surface area (Å²) in [5.74, 6) is -0.447. The third-order valence-electron chi connectivity index (χ3n) is 3.80. The second-order valence-corrected chi connectivity index (χ2v) is 7.91. The number of benzene rings is 2. The van der Waals surface area contributed by atoms with Crippen LogP contribution in [0.25, 0.3) is 0 Å². The standard InChI is InChI=1S/C20H24NO5P/c1-4-25-27(24,26-5-2)14-16-10-12-17(13-11-16)20(23)21-19-9-7-6-8-18(19)15(3)22/h6-13H,4-5,14H2,1-3H3,(H,21,23). The Labute approximate surface area is 159 Å². The fraction of sp³-hybridized carbons (Fsp3) is 0.300. The number of nitrogens with one attached hydrogen (secondary N) is 1. The molecule has 2 aromatic rings. The molecule has 0 saturated heterocycles. The molecule has 0 saturated carbocycles. The molecule has 1 N–H and O–H groups in total. The number of ketones is 1. The lowest BCUT2D eigenvalue weighted by Crippen LogP contribution is -2.14. The van der Waals surface area contributed by atoms with Crippen LogP contribution in [-0.2, 0) is 19.8 Å². The summed E-state index contributed by atoms with van der Waals surface area (Å²) in [7, 11) is -3.19. The van der Waals surface area contributed by atoms with Crippen molar-refractivity contribution in [1.29, 1.82) is 0 Å². The Bertz CT molecular complexity index is 838. The first-order chi connectivity index (χ1) is 12.9. The Morgan fingerprint density at radius 1 is 0.963 bits per heavy atom. The molecule has 7 heteroatoms. The Hall–Kier alpha value is -2.27. The third kappa shape index (κ3) is 5.86. The van der Waals surface area contributed by atoms with Gasteiger partial charge in [-0.1, -0.05) is 24.3 Å². The van der Waals surface area contributed by atoms with E-state index in [9.17, 15) is 14.2 Å². The number of carbonyl (C=O) groups excluding carboxylic acids is 2. The van der Waals surface area contributed by atoms with Crippen molar-refractivity contribution < 1.29 is 23.2 Å². The number of anilines is 1. The predicted molar refractivity (Wildman–Crippen MR) is 105 cm³/mol. The van der Waals surface area contributed by atoms with Gasteiger partial charge < -0.3 is 14.4 Å². The molecular weight excluding hydrogens is 365 g/mol. The average Bonchev–Trinajstić information content (AvgIpc) is 2.62. The van der Waals surface area contributed by atoms with Crippen molar-refractivity contribution in [2.24, 2.45) is 0 Å². The maximum Gasteiger partial charge on any atom is 0.335 e. The molecular formula is C20H24NO5P. The minimum atomic E-state index is -3.19. The van der Waals surface area contributed by atoms with Crippen LogP contribution in [0.4, 0.5) is 5.69 Å². The summed E-state index contributed by atoms with van der Waals surface area (Å²) in [4.78, 5) is 24.1. The molecule has 27 heavy (non-hydrogen) atoms. The van der Waals surface area contributed by atoms with E-state index in [-0.39, 0.29) is 17.9 Å². The smallest absolute Gasteiger partial charge is 0.321 e. The normalized spacial score (nSPS) is 11.2. The minimum Gasteiger partial charge on any atom is -0.321 e. The lowest BCUT2D eigenvalue weighted by Gasteiger charge is -2.17. The van der Waals surface area contributed by atoms with E-state index in [2.05, 4.69) is 5.32 Å².